The van der Waals surface area contributed by atoms with Crippen LogP contribution in [0.4, 0.5) is 5.69 Å². The number of carbonyl (C=O) groups excluding carboxylic acids is 1. The van der Waals surface area contributed by atoms with E-state index in [0.717, 1.165) is 12.8 Å². The van der Waals surface area contributed by atoms with Gasteiger partial charge in [0.05, 0.1) is 10.5 Å². The molecular weight excluding hydrogens is 296 g/mol. The highest BCUT2D eigenvalue weighted by Gasteiger charge is 2.26. The molecule has 1 heterocycles. The lowest BCUT2D eigenvalue weighted by molar-refractivity contribution is -0.385. The Kier molecular flexibility index (Phi) is 5.87. The number of amides is 1. The first-order valence-electron chi connectivity index (χ1n) is 7.82. The van der Waals surface area contributed by atoms with Crippen molar-refractivity contribution in [1.29, 1.82) is 0 Å². The third-order valence-electron chi connectivity index (χ3n) is 3.93. The first-order chi connectivity index (χ1) is 11.0. The minimum Gasteiger partial charge on any atom is -0.381 e. The van der Waals surface area contributed by atoms with Crippen molar-refractivity contribution in [2.75, 3.05) is 13.2 Å². The van der Waals surface area contributed by atoms with Crippen molar-refractivity contribution >= 4 is 17.7 Å². The number of ether oxygens (including phenoxy) is 1. The molecule has 1 aliphatic heterocycles. The number of rotatable bonds is 5. The third-order valence-corrected chi connectivity index (χ3v) is 3.93. The molecule has 1 fully saturated rings. The van der Waals surface area contributed by atoms with Gasteiger partial charge >= 0.3 is 0 Å². The second kappa shape index (κ2) is 7.87. The highest BCUT2D eigenvalue weighted by atomic mass is 16.6. The van der Waals surface area contributed by atoms with E-state index in [9.17, 15) is 14.9 Å². The van der Waals surface area contributed by atoms with Gasteiger partial charge in [-0.2, -0.15) is 0 Å². The molecule has 1 aromatic carbocycles. The Bertz CT molecular complexity index is 592. The summed E-state index contributed by atoms with van der Waals surface area (Å²) in [4.78, 5) is 25.0. The summed E-state index contributed by atoms with van der Waals surface area (Å²) in [5.74, 6) is -0.120. The maximum Gasteiger partial charge on any atom is 0.276 e. The molecule has 0 radical (unpaired) electrons. The fourth-order valence-corrected chi connectivity index (χ4v) is 2.86. The molecule has 1 amide bonds. The lowest BCUT2D eigenvalue weighted by atomic mass is 10.0. The van der Waals surface area contributed by atoms with E-state index in [2.05, 4.69) is 0 Å². The predicted molar refractivity (Wildman–Crippen MR) is 88.0 cm³/mol. The Morgan fingerprint density at radius 2 is 2.00 bits per heavy atom. The lowest BCUT2D eigenvalue weighted by Crippen LogP contribution is -2.46. The van der Waals surface area contributed by atoms with Gasteiger partial charge in [0.25, 0.3) is 5.69 Å². The number of para-hydroxylation sites is 1. The largest absolute Gasteiger partial charge is 0.381 e. The lowest BCUT2D eigenvalue weighted by Gasteiger charge is -2.36. The molecule has 1 aliphatic rings. The van der Waals surface area contributed by atoms with E-state index in [1.165, 1.54) is 18.2 Å². The van der Waals surface area contributed by atoms with Crippen molar-refractivity contribution in [3.8, 4) is 0 Å². The second-order valence-electron chi connectivity index (χ2n) is 5.83. The average molecular weight is 318 g/mol. The normalized spacial score (nSPS) is 16.0. The van der Waals surface area contributed by atoms with Crippen LogP contribution in [0.1, 0.15) is 32.3 Å². The SMILES string of the molecule is CC(C)N(C(=O)/C=C/c1ccccc1[N+](=O)[O-])C1CCOCC1. The van der Waals surface area contributed by atoms with Crippen molar-refractivity contribution in [2.24, 2.45) is 0 Å². The van der Waals surface area contributed by atoms with Crippen LogP contribution in [0.15, 0.2) is 30.3 Å². The highest BCUT2D eigenvalue weighted by Crippen LogP contribution is 2.21. The summed E-state index contributed by atoms with van der Waals surface area (Å²) in [6, 6.07) is 6.63. The van der Waals surface area contributed by atoms with Crippen LogP contribution in [0.2, 0.25) is 0 Å². The smallest absolute Gasteiger partial charge is 0.276 e. The molecule has 6 nitrogen and oxygen atoms in total. The van der Waals surface area contributed by atoms with Crippen LogP contribution in [0.5, 0.6) is 0 Å². The van der Waals surface area contributed by atoms with Gasteiger partial charge in [0.2, 0.25) is 5.91 Å². The van der Waals surface area contributed by atoms with Crippen molar-refractivity contribution in [2.45, 2.75) is 38.8 Å². The van der Waals surface area contributed by atoms with Gasteiger partial charge in [-0.05, 0) is 38.8 Å². The Hall–Kier alpha value is -2.21. The van der Waals surface area contributed by atoms with Crippen molar-refractivity contribution in [1.82, 2.24) is 4.90 Å². The molecule has 0 aliphatic carbocycles. The van der Waals surface area contributed by atoms with Crippen LogP contribution in [0, 0.1) is 10.1 Å². The first kappa shape index (κ1) is 17.1. The minimum atomic E-state index is -0.442. The highest BCUT2D eigenvalue weighted by molar-refractivity contribution is 5.92. The van der Waals surface area contributed by atoms with Gasteiger partial charge in [-0.15, -0.1) is 0 Å². The molecule has 23 heavy (non-hydrogen) atoms. The molecule has 1 saturated heterocycles. The van der Waals surface area contributed by atoms with Crippen molar-refractivity contribution in [3.63, 3.8) is 0 Å². The summed E-state index contributed by atoms with van der Waals surface area (Å²) in [5, 5.41) is 11.0. The molecular formula is C17H22N2O4. The summed E-state index contributed by atoms with van der Waals surface area (Å²) in [5.41, 5.74) is 0.431. The summed E-state index contributed by atoms with van der Waals surface area (Å²) in [6.45, 7) is 5.28. The van der Waals surface area contributed by atoms with Gasteiger partial charge in [-0.25, -0.2) is 0 Å². The Morgan fingerprint density at radius 3 is 2.61 bits per heavy atom. The van der Waals surface area contributed by atoms with Gasteiger partial charge in [0.15, 0.2) is 0 Å². The maximum absolute atomic E-state index is 12.6. The first-order valence-corrected chi connectivity index (χ1v) is 7.82. The molecule has 0 unspecified atom stereocenters. The van der Waals surface area contributed by atoms with Crippen molar-refractivity contribution < 1.29 is 14.5 Å². The van der Waals surface area contributed by atoms with Crippen LogP contribution in [0.25, 0.3) is 6.08 Å². The zero-order valence-electron chi connectivity index (χ0n) is 13.5. The molecule has 124 valence electrons. The van der Waals surface area contributed by atoms with E-state index in [0.29, 0.717) is 18.8 Å². The predicted octanol–water partition coefficient (Wildman–Crippen LogP) is 3.02. The molecule has 0 N–H and O–H groups in total. The van der Waals surface area contributed by atoms with Gasteiger partial charge < -0.3 is 9.64 Å². The molecule has 0 saturated carbocycles. The number of carbonyl (C=O) groups is 1. The molecule has 6 heteroatoms. The monoisotopic (exact) mass is 318 g/mol. The van der Waals surface area contributed by atoms with Gasteiger partial charge in [0.1, 0.15) is 0 Å². The van der Waals surface area contributed by atoms with Crippen LogP contribution in [-0.2, 0) is 9.53 Å². The van der Waals surface area contributed by atoms with E-state index in [1.807, 2.05) is 18.7 Å². The molecule has 0 spiro atoms. The Labute approximate surface area is 135 Å². The van der Waals surface area contributed by atoms with Crippen LogP contribution < -0.4 is 0 Å². The third kappa shape index (κ3) is 4.39. The summed E-state index contributed by atoms with van der Waals surface area (Å²) >= 11 is 0. The topological polar surface area (TPSA) is 72.7 Å². The molecule has 0 aromatic heterocycles. The maximum atomic E-state index is 12.6. The van der Waals surface area contributed by atoms with E-state index < -0.39 is 4.92 Å². The Balaban J connectivity index is 2.16. The Morgan fingerprint density at radius 1 is 1.35 bits per heavy atom. The van der Waals surface area contributed by atoms with Crippen LogP contribution in [0.3, 0.4) is 0 Å². The summed E-state index contributed by atoms with van der Waals surface area (Å²) in [6.07, 6.45) is 4.60. The standard InChI is InChI=1S/C17H22N2O4/c1-13(2)18(15-9-11-23-12-10-15)17(20)8-7-14-5-3-4-6-16(14)19(21)22/h3-8,13,15H,9-12H2,1-2H3/b8-7+. The van der Waals surface area contributed by atoms with E-state index in [4.69, 9.17) is 4.74 Å². The minimum absolute atomic E-state index is 0.00119. The fourth-order valence-electron chi connectivity index (χ4n) is 2.86. The number of nitro benzene ring substituents is 1. The molecule has 0 atom stereocenters. The number of hydrogen-bond donors (Lipinski definition) is 0. The van der Waals surface area contributed by atoms with E-state index >= 15 is 0 Å². The summed E-state index contributed by atoms with van der Waals surface area (Å²) < 4.78 is 5.35. The number of hydrogen-bond acceptors (Lipinski definition) is 4. The quantitative estimate of drug-likeness (QED) is 0.475. The van der Waals surface area contributed by atoms with Crippen LogP contribution in [-0.4, -0.2) is 41.0 Å². The zero-order valence-corrected chi connectivity index (χ0v) is 13.5. The van der Waals surface area contributed by atoms with Gasteiger partial charge in [-0.3, -0.25) is 14.9 Å². The second-order valence-corrected chi connectivity index (χ2v) is 5.83. The number of benzene rings is 1. The van der Waals surface area contributed by atoms with Crippen LogP contribution >= 0.6 is 0 Å². The molecule has 1 aromatic rings. The van der Waals surface area contributed by atoms with E-state index in [-0.39, 0.29) is 23.7 Å². The average Bonchev–Trinajstić information content (AvgIpc) is 2.54. The zero-order chi connectivity index (χ0) is 16.8. The fraction of sp³-hybridized carbons (Fsp3) is 0.471. The van der Waals surface area contributed by atoms with E-state index in [1.54, 1.807) is 18.2 Å². The summed E-state index contributed by atoms with van der Waals surface area (Å²) in [7, 11) is 0. The molecule has 0 bridgehead atoms. The number of nitro groups is 1. The van der Waals surface area contributed by atoms with Crippen molar-refractivity contribution in [3.05, 3.63) is 46.0 Å². The van der Waals surface area contributed by atoms with Gasteiger partial charge in [0, 0.05) is 37.4 Å². The van der Waals surface area contributed by atoms with Gasteiger partial charge in [-0.1, -0.05) is 12.1 Å². The number of nitrogens with zero attached hydrogens (tertiary/aromatic N) is 2. The molecule has 2 rings (SSSR count).